The maximum Gasteiger partial charge on any atom is 0.0666 e. The molecule has 0 unspecified atom stereocenters. The van der Waals surface area contributed by atoms with Gasteiger partial charge in [-0.1, -0.05) is 0 Å². The molecule has 0 spiro atoms. The van der Waals surface area contributed by atoms with Crippen molar-refractivity contribution >= 4 is 11.8 Å². The molecule has 0 aromatic carbocycles. The quantitative estimate of drug-likeness (QED) is 0.640. The maximum atomic E-state index is 5.48. The first-order chi connectivity index (χ1) is 6.20. The van der Waals surface area contributed by atoms with E-state index in [0.29, 0.717) is 17.5 Å². The molecule has 1 heterocycles. The molecule has 1 saturated heterocycles. The molecule has 0 aromatic rings. The zero-order valence-corrected chi connectivity index (χ0v) is 9.60. The van der Waals surface area contributed by atoms with E-state index in [9.17, 15) is 0 Å². The second kappa shape index (κ2) is 5.89. The standard InChI is InChI=1S/C10H20O2S/c1-8(2)11-6-7-13-10-4-5-12-9(10)3/h8-10H,4-7H2,1-3H3/t9-,10-/m1/s1. The Morgan fingerprint density at radius 1 is 1.54 bits per heavy atom. The molecule has 1 rings (SSSR count). The third-order valence-corrected chi connectivity index (χ3v) is 3.62. The molecular formula is C10H20O2S. The second-order valence-corrected chi connectivity index (χ2v) is 5.04. The number of hydrogen-bond acceptors (Lipinski definition) is 3. The van der Waals surface area contributed by atoms with Crippen LogP contribution in [0.15, 0.2) is 0 Å². The normalized spacial score (nSPS) is 28.6. The third-order valence-electron chi connectivity index (χ3n) is 2.17. The van der Waals surface area contributed by atoms with E-state index in [1.165, 1.54) is 6.42 Å². The molecule has 3 heteroatoms. The zero-order chi connectivity index (χ0) is 9.68. The summed E-state index contributed by atoms with van der Waals surface area (Å²) < 4.78 is 11.0. The van der Waals surface area contributed by atoms with Crippen LogP contribution in [0.1, 0.15) is 27.2 Å². The molecule has 0 saturated carbocycles. The molecule has 0 aromatic heterocycles. The van der Waals surface area contributed by atoms with Crippen LogP contribution in [0.4, 0.5) is 0 Å². The van der Waals surface area contributed by atoms with Crippen molar-refractivity contribution < 1.29 is 9.47 Å². The fraction of sp³-hybridized carbons (Fsp3) is 1.00. The van der Waals surface area contributed by atoms with Gasteiger partial charge < -0.3 is 9.47 Å². The minimum Gasteiger partial charge on any atom is -0.378 e. The molecule has 0 N–H and O–H groups in total. The van der Waals surface area contributed by atoms with E-state index in [4.69, 9.17) is 9.47 Å². The molecule has 2 atom stereocenters. The van der Waals surface area contributed by atoms with Crippen LogP contribution in [0.5, 0.6) is 0 Å². The summed E-state index contributed by atoms with van der Waals surface area (Å²) in [5, 5.41) is 0.691. The van der Waals surface area contributed by atoms with Crippen molar-refractivity contribution in [3.8, 4) is 0 Å². The SMILES string of the molecule is CC(C)OCCS[C@@H]1CCO[C@@H]1C. The van der Waals surface area contributed by atoms with Gasteiger partial charge in [-0.25, -0.2) is 0 Å². The van der Waals surface area contributed by atoms with E-state index in [0.717, 1.165) is 19.0 Å². The number of thioether (sulfide) groups is 1. The van der Waals surface area contributed by atoms with Crippen molar-refractivity contribution in [2.45, 2.75) is 44.6 Å². The van der Waals surface area contributed by atoms with Crippen molar-refractivity contribution in [2.75, 3.05) is 19.0 Å². The number of ether oxygens (including phenoxy) is 2. The Kier molecular flexibility index (Phi) is 5.14. The summed E-state index contributed by atoms with van der Waals surface area (Å²) in [5.41, 5.74) is 0. The topological polar surface area (TPSA) is 18.5 Å². The summed E-state index contributed by atoms with van der Waals surface area (Å²) in [7, 11) is 0. The van der Waals surface area contributed by atoms with Gasteiger partial charge in [-0.2, -0.15) is 11.8 Å². The Morgan fingerprint density at radius 3 is 2.85 bits per heavy atom. The van der Waals surface area contributed by atoms with Crippen molar-refractivity contribution in [3.05, 3.63) is 0 Å². The lowest BCUT2D eigenvalue weighted by Crippen LogP contribution is -2.15. The van der Waals surface area contributed by atoms with E-state index < -0.39 is 0 Å². The van der Waals surface area contributed by atoms with Crippen molar-refractivity contribution in [3.63, 3.8) is 0 Å². The summed E-state index contributed by atoms with van der Waals surface area (Å²) in [6.07, 6.45) is 2.00. The summed E-state index contributed by atoms with van der Waals surface area (Å²) >= 11 is 1.98. The van der Waals surface area contributed by atoms with Crippen LogP contribution in [0.2, 0.25) is 0 Å². The molecule has 78 valence electrons. The molecule has 1 aliphatic heterocycles. The molecule has 0 amide bonds. The second-order valence-electron chi connectivity index (χ2n) is 3.69. The smallest absolute Gasteiger partial charge is 0.0666 e. The fourth-order valence-corrected chi connectivity index (χ4v) is 2.52. The molecule has 0 aliphatic carbocycles. The van der Waals surface area contributed by atoms with Crippen LogP contribution in [0.3, 0.4) is 0 Å². The summed E-state index contributed by atoms with van der Waals surface area (Å²) in [5.74, 6) is 1.09. The average Bonchev–Trinajstić information content (AvgIpc) is 2.45. The van der Waals surface area contributed by atoms with Gasteiger partial charge in [0.25, 0.3) is 0 Å². The zero-order valence-electron chi connectivity index (χ0n) is 8.79. The minimum atomic E-state index is 0.359. The first kappa shape index (κ1) is 11.3. The van der Waals surface area contributed by atoms with Gasteiger partial charge in [-0.05, 0) is 27.2 Å². The largest absolute Gasteiger partial charge is 0.378 e. The van der Waals surface area contributed by atoms with Gasteiger partial charge in [0.2, 0.25) is 0 Å². The number of hydrogen-bond donors (Lipinski definition) is 0. The van der Waals surface area contributed by atoms with Crippen molar-refractivity contribution in [1.29, 1.82) is 0 Å². The van der Waals surface area contributed by atoms with Crippen LogP contribution < -0.4 is 0 Å². The molecule has 2 nitrogen and oxygen atoms in total. The van der Waals surface area contributed by atoms with E-state index in [1.807, 2.05) is 11.8 Å². The highest BCUT2D eigenvalue weighted by Gasteiger charge is 2.23. The molecule has 0 radical (unpaired) electrons. The maximum absolute atomic E-state index is 5.48. The predicted molar refractivity (Wildman–Crippen MR) is 57.4 cm³/mol. The van der Waals surface area contributed by atoms with Crippen LogP contribution >= 0.6 is 11.8 Å². The molecule has 13 heavy (non-hydrogen) atoms. The first-order valence-corrected chi connectivity index (χ1v) is 6.10. The van der Waals surface area contributed by atoms with Crippen LogP contribution in [0.25, 0.3) is 0 Å². The molecular weight excluding hydrogens is 184 g/mol. The highest BCUT2D eigenvalue weighted by molar-refractivity contribution is 7.99. The van der Waals surface area contributed by atoms with E-state index >= 15 is 0 Å². The van der Waals surface area contributed by atoms with E-state index in [-0.39, 0.29) is 0 Å². The number of rotatable bonds is 5. The highest BCUT2D eigenvalue weighted by Crippen LogP contribution is 2.25. The highest BCUT2D eigenvalue weighted by atomic mass is 32.2. The van der Waals surface area contributed by atoms with Gasteiger partial charge in [-0.15, -0.1) is 0 Å². The van der Waals surface area contributed by atoms with Gasteiger partial charge >= 0.3 is 0 Å². The predicted octanol–water partition coefficient (Wildman–Crippen LogP) is 2.32. The van der Waals surface area contributed by atoms with Crippen molar-refractivity contribution in [2.24, 2.45) is 0 Å². The first-order valence-electron chi connectivity index (χ1n) is 5.05. The monoisotopic (exact) mass is 204 g/mol. The summed E-state index contributed by atoms with van der Waals surface area (Å²) in [6, 6.07) is 0. The lowest BCUT2D eigenvalue weighted by atomic mass is 10.3. The lowest BCUT2D eigenvalue weighted by Gasteiger charge is -2.14. The molecule has 0 bridgehead atoms. The summed E-state index contributed by atoms with van der Waals surface area (Å²) in [6.45, 7) is 8.11. The minimum absolute atomic E-state index is 0.359. The third kappa shape index (κ3) is 4.34. The van der Waals surface area contributed by atoms with Gasteiger partial charge in [-0.3, -0.25) is 0 Å². The average molecular weight is 204 g/mol. The molecule has 1 fully saturated rings. The van der Waals surface area contributed by atoms with Crippen molar-refractivity contribution in [1.82, 2.24) is 0 Å². The van der Waals surface area contributed by atoms with Gasteiger partial charge in [0, 0.05) is 17.6 Å². The van der Waals surface area contributed by atoms with Gasteiger partial charge in [0.15, 0.2) is 0 Å². The summed E-state index contributed by atoms with van der Waals surface area (Å²) in [4.78, 5) is 0. The van der Waals surface area contributed by atoms with E-state index in [2.05, 4.69) is 20.8 Å². The Labute approximate surface area is 85.4 Å². The van der Waals surface area contributed by atoms with Gasteiger partial charge in [0.05, 0.1) is 18.8 Å². The van der Waals surface area contributed by atoms with Gasteiger partial charge in [0.1, 0.15) is 0 Å². The van der Waals surface area contributed by atoms with Crippen LogP contribution in [-0.4, -0.2) is 36.4 Å². The van der Waals surface area contributed by atoms with Crippen LogP contribution in [0, 0.1) is 0 Å². The Hall–Kier alpha value is 0.270. The Balaban J connectivity index is 1.99. The van der Waals surface area contributed by atoms with Crippen LogP contribution in [-0.2, 0) is 9.47 Å². The Morgan fingerprint density at radius 2 is 2.31 bits per heavy atom. The Bertz CT molecular complexity index is 139. The fourth-order valence-electron chi connectivity index (χ4n) is 1.41. The van der Waals surface area contributed by atoms with E-state index in [1.54, 1.807) is 0 Å². The lowest BCUT2D eigenvalue weighted by molar-refractivity contribution is 0.0918. The molecule has 1 aliphatic rings.